The van der Waals surface area contributed by atoms with E-state index in [0.717, 1.165) is 11.4 Å². The van der Waals surface area contributed by atoms with Gasteiger partial charge in [0.1, 0.15) is 12.4 Å². The Morgan fingerprint density at radius 1 is 1.24 bits per heavy atom. The van der Waals surface area contributed by atoms with Crippen LogP contribution in [0.2, 0.25) is 0 Å². The lowest BCUT2D eigenvalue weighted by Gasteiger charge is -2.13. The maximum atomic E-state index is 11.3. The van der Waals surface area contributed by atoms with Gasteiger partial charge < -0.3 is 9.84 Å². The highest BCUT2D eigenvalue weighted by molar-refractivity contribution is 7.99. The van der Waals surface area contributed by atoms with Crippen molar-refractivity contribution >= 4 is 17.5 Å². The van der Waals surface area contributed by atoms with E-state index < -0.39 is 6.10 Å². The average Bonchev–Trinajstić information content (AvgIpc) is 3.14. The summed E-state index contributed by atoms with van der Waals surface area (Å²) >= 11 is 1.40. The minimum absolute atomic E-state index is 0.00255. The molecule has 0 fully saturated rings. The summed E-state index contributed by atoms with van der Waals surface area (Å²) in [6.07, 6.45) is 4.51. The number of Topliss-reactive ketones (excluding diaryl/α,β-unsaturated/α-hetero) is 1. The van der Waals surface area contributed by atoms with Crippen molar-refractivity contribution in [2.45, 2.75) is 24.7 Å². The number of benzene rings is 1. The second kappa shape index (κ2) is 9.99. The predicted molar refractivity (Wildman–Crippen MR) is 112 cm³/mol. The molecule has 7 nitrogen and oxygen atoms in total. The standard InChI is InChI=1S/C21H22N4O3S/c1-3-12-25-20(17-8-10-22-11-9-17)23-24-21(25)29-14-18(27)13-28-19-6-4-16(5-7-19)15(2)26/h3-11,18,27H,1,12-14H2,2H3/t18-/m1/s1. The molecule has 0 spiro atoms. The highest BCUT2D eigenvalue weighted by atomic mass is 32.2. The quantitative estimate of drug-likeness (QED) is 0.312. The molecule has 8 heteroatoms. The molecule has 29 heavy (non-hydrogen) atoms. The van der Waals surface area contributed by atoms with Gasteiger partial charge in [0.15, 0.2) is 16.8 Å². The Morgan fingerprint density at radius 3 is 2.62 bits per heavy atom. The van der Waals surface area contributed by atoms with Crippen molar-refractivity contribution in [2.24, 2.45) is 0 Å². The van der Waals surface area contributed by atoms with Crippen LogP contribution in [0.15, 0.2) is 66.6 Å². The maximum absolute atomic E-state index is 11.3. The number of allylic oxidation sites excluding steroid dienone is 1. The fourth-order valence-electron chi connectivity index (χ4n) is 2.60. The number of carbonyl (C=O) groups excluding carboxylic acids is 1. The summed E-state index contributed by atoms with van der Waals surface area (Å²) in [5.41, 5.74) is 1.54. The van der Waals surface area contributed by atoms with Crippen LogP contribution in [-0.4, -0.2) is 49.1 Å². The number of rotatable bonds is 10. The molecule has 2 heterocycles. The smallest absolute Gasteiger partial charge is 0.191 e. The molecule has 0 bridgehead atoms. The van der Waals surface area contributed by atoms with E-state index in [1.54, 1.807) is 42.7 Å². The molecule has 0 unspecified atom stereocenters. The number of carbonyl (C=O) groups is 1. The number of nitrogens with zero attached hydrogens (tertiary/aromatic N) is 4. The lowest BCUT2D eigenvalue weighted by molar-refractivity contribution is 0.101. The molecular formula is C21H22N4O3S. The number of aliphatic hydroxyl groups is 1. The number of thioether (sulfide) groups is 1. The van der Waals surface area contributed by atoms with Gasteiger partial charge in [-0.05, 0) is 43.3 Å². The Bertz CT molecular complexity index is 958. The molecule has 0 saturated heterocycles. The molecule has 0 amide bonds. The fourth-order valence-corrected chi connectivity index (χ4v) is 3.45. The summed E-state index contributed by atoms with van der Waals surface area (Å²) in [6.45, 7) is 6.01. The van der Waals surface area contributed by atoms with E-state index >= 15 is 0 Å². The number of aliphatic hydroxyl groups excluding tert-OH is 1. The van der Waals surface area contributed by atoms with Crippen LogP contribution >= 0.6 is 11.8 Å². The van der Waals surface area contributed by atoms with Gasteiger partial charge in [-0.3, -0.25) is 14.3 Å². The third-order valence-corrected chi connectivity index (χ3v) is 5.19. The van der Waals surface area contributed by atoms with Gasteiger partial charge in [-0.15, -0.1) is 16.8 Å². The van der Waals surface area contributed by atoms with E-state index in [0.29, 0.717) is 28.8 Å². The number of aromatic nitrogens is 4. The topological polar surface area (TPSA) is 90.1 Å². The van der Waals surface area contributed by atoms with Crippen LogP contribution in [0.5, 0.6) is 5.75 Å². The molecule has 150 valence electrons. The van der Waals surface area contributed by atoms with Crippen molar-refractivity contribution in [3.63, 3.8) is 0 Å². The predicted octanol–water partition coefficient (Wildman–Crippen LogP) is 3.26. The van der Waals surface area contributed by atoms with E-state index in [-0.39, 0.29) is 12.4 Å². The van der Waals surface area contributed by atoms with Crippen molar-refractivity contribution in [3.8, 4) is 17.1 Å². The second-order valence-corrected chi connectivity index (χ2v) is 7.28. The SMILES string of the molecule is C=CCn1c(SC[C@H](O)COc2ccc(C(C)=O)cc2)nnc1-c1ccncc1. The van der Waals surface area contributed by atoms with E-state index in [1.165, 1.54) is 18.7 Å². The number of ether oxygens (including phenoxy) is 1. The first-order valence-electron chi connectivity index (χ1n) is 9.07. The molecule has 1 atom stereocenters. The minimum atomic E-state index is -0.689. The first-order valence-corrected chi connectivity index (χ1v) is 10.1. The first kappa shape index (κ1) is 20.8. The Kier molecular flexibility index (Phi) is 7.15. The van der Waals surface area contributed by atoms with Gasteiger partial charge in [-0.25, -0.2) is 0 Å². The Hall–Kier alpha value is -2.97. The van der Waals surface area contributed by atoms with Crippen molar-refractivity contribution in [1.29, 1.82) is 0 Å². The van der Waals surface area contributed by atoms with E-state index in [9.17, 15) is 9.90 Å². The van der Waals surface area contributed by atoms with Crippen LogP contribution in [0.25, 0.3) is 11.4 Å². The zero-order chi connectivity index (χ0) is 20.6. The Balaban J connectivity index is 1.58. The van der Waals surface area contributed by atoms with Gasteiger partial charge in [0.25, 0.3) is 0 Å². The second-order valence-electron chi connectivity index (χ2n) is 6.30. The molecule has 0 saturated carbocycles. The molecule has 0 radical (unpaired) electrons. The number of ketones is 1. The molecule has 1 N–H and O–H groups in total. The van der Waals surface area contributed by atoms with E-state index in [1.807, 2.05) is 16.7 Å². The van der Waals surface area contributed by atoms with E-state index in [4.69, 9.17) is 4.74 Å². The monoisotopic (exact) mass is 410 g/mol. The van der Waals surface area contributed by atoms with Crippen LogP contribution in [0, 0.1) is 0 Å². The lowest BCUT2D eigenvalue weighted by Crippen LogP contribution is -2.20. The van der Waals surface area contributed by atoms with Crippen LogP contribution in [0.4, 0.5) is 0 Å². The Labute approximate surface area is 173 Å². The summed E-state index contributed by atoms with van der Waals surface area (Å²) in [7, 11) is 0. The zero-order valence-corrected chi connectivity index (χ0v) is 16.9. The molecule has 0 aliphatic rings. The number of pyridine rings is 1. The first-order chi connectivity index (χ1) is 14.1. The minimum Gasteiger partial charge on any atom is -0.491 e. The largest absolute Gasteiger partial charge is 0.491 e. The zero-order valence-electron chi connectivity index (χ0n) is 16.1. The van der Waals surface area contributed by atoms with Crippen molar-refractivity contribution < 1.29 is 14.6 Å². The summed E-state index contributed by atoms with van der Waals surface area (Å²) in [6, 6.07) is 10.6. The van der Waals surface area contributed by atoms with Gasteiger partial charge in [-0.2, -0.15) is 0 Å². The van der Waals surface area contributed by atoms with Crippen molar-refractivity contribution in [3.05, 3.63) is 67.0 Å². The summed E-state index contributed by atoms with van der Waals surface area (Å²) < 4.78 is 7.55. The fraction of sp³-hybridized carbons (Fsp3) is 0.238. The maximum Gasteiger partial charge on any atom is 0.191 e. The van der Waals surface area contributed by atoms with E-state index in [2.05, 4.69) is 21.8 Å². The molecule has 2 aromatic heterocycles. The summed E-state index contributed by atoms with van der Waals surface area (Å²) in [4.78, 5) is 15.3. The average molecular weight is 410 g/mol. The number of hydrogen-bond acceptors (Lipinski definition) is 7. The van der Waals surface area contributed by atoms with Gasteiger partial charge in [0.2, 0.25) is 0 Å². The Morgan fingerprint density at radius 2 is 1.97 bits per heavy atom. The highest BCUT2D eigenvalue weighted by Gasteiger charge is 2.15. The molecule has 3 rings (SSSR count). The summed E-state index contributed by atoms with van der Waals surface area (Å²) in [5, 5.41) is 19.5. The van der Waals surface area contributed by atoms with Gasteiger partial charge >= 0.3 is 0 Å². The van der Waals surface area contributed by atoms with Crippen LogP contribution in [0.1, 0.15) is 17.3 Å². The van der Waals surface area contributed by atoms with Crippen LogP contribution in [-0.2, 0) is 6.54 Å². The van der Waals surface area contributed by atoms with Gasteiger partial charge in [-0.1, -0.05) is 17.8 Å². The molecular weight excluding hydrogens is 388 g/mol. The normalized spacial score (nSPS) is 11.8. The van der Waals surface area contributed by atoms with Gasteiger partial charge in [0.05, 0.1) is 6.10 Å². The summed E-state index contributed by atoms with van der Waals surface area (Å²) in [5.74, 6) is 1.74. The highest BCUT2D eigenvalue weighted by Crippen LogP contribution is 2.24. The molecule has 0 aliphatic carbocycles. The lowest BCUT2D eigenvalue weighted by atomic mass is 10.1. The molecule has 0 aliphatic heterocycles. The third kappa shape index (κ3) is 5.52. The van der Waals surface area contributed by atoms with Gasteiger partial charge in [0, 0.05) is 35.8 Å². The third-order valence-electron chi connectivity index (χ3n) is 4.08. The van der Waals surface area contributed by atoms with Crippen LogP contribution in [0.3, 0.4) is 0 Å². The number of hydrogen-bond donors (Lipinski definition) is 1. The van der Waals surface area contributed by atoms with Crippen LogP contribution < -0.4 is 4.74 Å². The van der Waals surface area contributed by atoms with Crippen molar-refractivity contribution in [1.82, 2.24) is 19.7 Å². The molecule has 3 aromatic rings. The van der Waals surface area contributed by atoms with Crippen molar-refractivity contribution in [2.75, 3.05) is 12.4 Å². The molecule has 1 aromatic carbocycles.